The molecule has 2 aromatic heterocycles. The summed E-state index contributed by atoms with van der Waals surface area (Å²) in [5, 5.41) is 2.29. The summed E-state index contributed by atoms with van der Waals surface area (Å²) in [6, 6.07) is 26.1. The van der Waals surface area contributed by atoms with Crippen molar-refractivity contribution in [1.82, 2.24) is 9.97 Å². The van der Waals surface area contributed by atoms with Gasteiger partial charge in [0.05, 0.1) is 11.0 Å². The molecule has 0 radical (unpaired) electrons. The zero-order valence-electron chi connectivity index (χ0n) is 17.8. The maximum Gasteiger partial charge on any atom is 0.0974 e. The Bertz CT molecular complexity index is 1320. The van der Waals surface area contributed by atoms with Crippen LogP contribution in [0, 0.1) is 27.7 Å². The topological polar surface area (TPSA) is 25.8 Å². The van der Waals surface area contributed by atoms with Gasteiger partial charge in [-0.25, -0.2) is 0 Å². The predicted octanol–water partition coefficient (Wildman–Crippen LogP) is 7.35. The van der Waals surface area contributed by atoms with Gasteiger partial charge in [-0.2, -0.15) is 0 Å². The van der Waals surface area contributed by atoms with Gasteiger partial charge in [0, 0.05) is 22.2 Å². The van der Waals surface area contributed by atoms with Crippen LogP contribution in [0.5, 0.6) is 0 Å². The largest absolute Gasteiger partial charge is 0.251 e. The Morgan fingerprint density at radius 2 is 0.933 bits per heavy atom. The number of aryl methyl sites for hydroxylation is 4. The molecule has 146 valence electrons. The van der Waals surface area contributed by atoms with E-state index in [2.05, 4.69) is 100 Å². The van der Waals surface area contributed by atoms with E-state index in [0.29, 0.717) is 0 Å². The van der Waals surface area contributed by atoms with E-state index in [1.54, 1.807) is 0 Å². The van der Waals surface area contributed by atoms with E-state index in [9.17, 15) is 0 Å². The smallest absolute Gasteiger partial charge is 0.0974 e. The fraction of sp³-hybridized carbons (Fsp3) is 0.143. The molecule has 30 heavy (non-hydrogen) atoms. The number of hydrogen-bond donors (Lipinski definition) is 0. The summed E-state index contributed by atoms with van der Waals surface area (Å²) in [4.78, 5) is 9.89. The highest BCUT2D eigenvalue weighted by Crippen LogP contribution is 2.36. The van der Waals surface area contributed by atoms with Crippen LogP contribution < -0.4 is 0 Å². The first-order valence-corrected chi connectivity index (χ1v) is 10.4. The molecule has 0 saturated carbocycles. The van der Waals surface area contributed by atoms with Crippen molar-refractivity contribution in [3.63, 3.8) is 0 Å². The maximum atomic E-state index is 4.94. The van der Waals surface area contributed by atoms with Crippen molar-refractivity contribution >= 4 is 21.8 Å². The van der Waals surface area contributed by atoms with Crippen molar-refractivity contribution in [3.05, 3.63) is 95.3 Å². The number of benzene rings is 3. The van der Waals surface area contributed by atoms with Gasteiger partial charge in [-0.05, 0) is 62.1 Å². The number of rotatable bonds is 2. The van der Waals surface area contributed by atoms with Crippen LogP contribution in [-0.2, 0) is 0 Å². The average Bonchev–Trinajstić information content (AvgIpc) is 2.72. The van der Waals surface area contributed by atoms with Gasteiger partial charge in [0.2, 0.25) is 0 Å². The summed E-state index contributed by atoms with van der Waals surface area (Å²) in [6.07, 6.45) is 0. The zero-order chi connectivity index (χ0) is 20.8. The monoisotopic (exact) mass is 388 g/mol. The molecule has 0 spiro atoms. The summed E-state index contributed by atoms with van der Waals surface area (Å²) in [6.45, 7) is 8.39. The van der Waals surface area contributed by atoms with Crippen LogP contribution in [0.25, 0.3) is 44.1 Å². The standard InChI is InChI=1S/C28H24N2/c1-17-7-5-9-21(13-17)25-15-19(3)29-27-23(25)11-12-24-26(16-20(4)30-28(24)27)22-10-6-8-18(2)14-22/h5-16H,1-4H3. The number of pyridine rings is 2. The molecule has 0 N–H and O–H groups in total. The Kier molecular flexibility index (Phi) is 4.36. The number of hydrogen-bond acceptors (Lipinski definition) is 2. The molecule has 0 aliphatic carbocycles. The van der Waals surface area contributed by atoms with E-state index >= 15 is 0 Å². The van der Waals surface area contributed by atoms with Crippen molar-refractivity contribution < 1.29 is 0 Å². The summed E-state index contributed by atoms with van der Waals surface area (Å²) < 4.78 is 0. The molecule has 0 saturated heterocycles. The lowest BCUT2D eigenvalue weighted by Crippen LogP contribution is -1.95. The Balaban J connectivity index is 1.87. The predicted molar refractivity (Wildman–Crippen MR) is 127 cm³/mol. The highest BCUT2D eigenvalue weighted by atomic mass is 14.8. The molecule has 0 atom stereocenters. The molecule has 0 fully saturated rings. The fourth-order valence-electron chi connectivity index (χ4n) is 4.33. The van der Waals surface area contributed by atoms with Crippen LogP contribution in [0.1, 0.15) is 22.5 Å². The first kappa shape index (κ1) is 18.5. The molecule has 2 nitrogen and oxygen atoms in total. The van der Waals surface area contributed by atoms with Crippen molar-refractivity contribution in [2.45, 2.75) is 27.7 Å². The Morgan fingerprint density at radius 1 is 0.500 bits per heavy atom. The second kappa shape index (κ2) is 7.07. The first-order chi connectivity index (χ1) is 14.5. The number of fused-ring (bicyclic) bond motifs is 3. The van der Waals surface area contributed by atoms with Crippen LogP contribution in [0.3, 0.4) is 0 Å². The Hall–Kier alpha value is -3.52. The van der Waals surface area contributed by atoms with Gasteiger partial charge in [0.1, 0.15) is 0 Å². The van der Waals surface area contributed by atoms with Crippen LogP contribution in [0.2, 0.25) is 0 Å². The highest BCUT2D eigenvalue weighted by molar-refractivity contribution is 6.12. The summed E-state index contributed by atoms with van der Waals surface area (Å²) in [5.41, 5.74) is 11.3. The molecule has 5 aromatic rings. The second-order valence-corrected chi connectivity index (χ2v) is 8.22. The lowest BCUT2D eigenvalue weighted by atomic mass is 9.94. The molecule has 3 aromatic carbocycles. The summed E-state index contributed by atoms with van der Waals surface area (Å²) >= 11 is 0. The SMILES string of the molecule is Cc1cccc(-c2cc(C)nc3c2ccc2c(-c4cccc(C)c4)cc(C)nc23)c1. The van der Waals surface area contributed by atoms with E-state index in [-0.39, 0.29) is 0 Å². The van der Waals surface area contributed by atoms with E-state index < -0.39 is 0 Å². The maximum absolute atomic E-state index is 4.94. The van der Waals surface area contributed by atoms with Gasteiger partial charge in [-0.15, -0.1) is 0 Å². The van der Waals surface area contributed by atoms with E-state index in [1.807, 2.05) is 0 Å². The summed E-state index contributed by atoms with van der Waals surface area (Å²) in [7, 11) is 0. The molecule has 0 amide bonds. The minimum absolute atomic E-state index is 0.974. The average molecular weight is 389 g/mol. The van der Waals surface area contributed by atoms with Crippen molar-refractivity contribution in [2.24, 2.45) is 0 Å². The van der Waals surface area contributed by atoms with Crippen LogP contribution in [0.4, 0.5) is 0 Å². The third-order valence-corrected chi connectivity index (χ3v) is 5.67. The van der Waals surface area contributed by atoms with E-state index in [0.717, 1.165) is 33.2 Å². The van der Waals surface area contributed by atoms with E-state index in [1.165, 1.54) is 33.4 Å². The molecule has 2 heteroatoms. The van der Waals surface area contributed by atoms with Gasteiger partial charge >= 0.3 is 0 Å². The van der Waals surface area contributed by atoms with Crippen LogP contribution >= 0.6 is 0 Å². The third-order valence-electron chi connectivity index (χ3n) is 5.67. The van der Waals surface area contributed by atoms with Gasteiger partial charge in [0.25, 0.3) is 0 Å². The molecule has 0 aliphatic rings. The van der Waals surface area contributed by atoms with Crippen molar-refractivity contribution in [2.75, 3.05) is 0 Å². The minimum atomic E-state index is 0.974. The lowest BCUT2D eigenvalue weighted by Gasteiger charge is -2.14. The number of nitrogens with zero attached hydrogens (tertiary/aromatic N) is 2. The van der Waals surface area contributed by atoms with Crippen molar-refractivity contribution in [3.8, 4) is 22.3 Å². The lowest BCUT2D eigenvalue weighted by molar-refractivity contribution is 1.23. The van der Waals surface area contributed by atoms with Gasteiger partial charge in [0.15, 0.2) is 0 Å². The minimum Gasteiger partial charge on any atom is -0.251 e. The van der Waals surface area contributed by atoms with Crippen LogP contribution in [-0.4, -0.2) is 9.97 Å². The molecule has 0 aliphatic heterocycles. The molecule has 2 heterocycles. The fourth-order valence-corrected chi connectivity index (χ4v) is 4.33. The zero-order valence-corrected chi connectivity index (χ0v) is 17.8. The van der Waals surface area contributed by atoms with Crippen LogP contribution in [0.15, 0.2) is 72.8 Å². The molecule has 5 rings (SSSR count). The quantitative estimate of drug-likeness (QED) is 0.295. The second-order valence-electron chi connectivity index (χ2n) is 8.22. The Labute approximate surface area is 177 Å². The van der Waals surface area contributed by atoms with Crippen molar-refractivity contribution in [1.29, 1.82) is 0 Å². The van der Waals surface area contributed by atoms with E-state index in [4.69, 9.17) is 9.97 Å². The first-order valence-electron chi connectivity index (χ1n) is 10.4. The normalized spacial score (nSPS) is 11.3. The highest BCUT2D eigenvalue weighted by Gasteiger charge is 2.14. The van der Waals surface area contributed by atoms with Gasteiger partial charge in [-0.3, -0.25) is 9.97 Å². The van der Waals surface area contributed by atoms with Gasteiger partial charge < -0.3 is 0 Å². The number of aromatic nitrogens is 2. The Morgan fingerprint density at radius 3 is 1.33 bits per heavy atom. The third kappa shape index (κ3) is 3.15. The van der Waals surface area contributed by atoms with Gasteiger partial charge in [-0.1, -0.05) is 71.8 Å². The molecular formula is C28H24N2. The molecular weight excluding hydrogens is 364 g/mol. The summed E-state index contributed by atoms with van der Waals surface area (Å²) in [5.74, 6) is 0. The molecule has 0 unspecified atom stereocenters. The molecule has 0 bridgehead atoms.